The van der Waals surface area contributed by atoms with Gasteiger partial charge < -0.3 is 5.73 Å². The molecule has 21 heavy (non-hydrogen) atoms. The Labute approximate surface area is 128 Å². The third-order valence-electron chi connectivity index (χ3n) is 3.39. The second-order valence-corrected chi connectivity index (χ2v) is 8.29. The number of hydrogen-bond acceptors (Lipinski definition) is 4. The maximum absolute atomic E-state index is 12.8. The predicted octanol–water partition coefficient (Wildman–Crippen LogP) is 3.50. The van der Waals surface area contributed by atoms with Crippen LogP contribution in [0.2, 0.25) is 0 Å². The molecule has 2 aromatic carbocycles. The van der Waals surface area contributed by atoms with Crippen molar-refractivity contribution in [3.8, 4) is 0 Å². The standard InChI is InChI=1S/C16H15NO2S2/c1-11-8-14(10-17)16(20-11)21(18,19)15-7-6-12-4-2-3-5-13(12)9-15/h2-9H,10,17H2,1H3. The molecule has 2 N–H and O–H groups in total. The number of fused-ring (bicyclic) bond motifs is 1. The van der Waals surface area contributed by atoms with Crippen molar-refractivity contribution in [1.82, 2.24) is 0 Å². The van der Waals surface area contributed by atoms with Crippen LogP contribution in [0.1, 0.15) is 10.4 Å². The van der Waals surface area contributed by atoms with Crippen molar-refractivity contribution in [3.63, 3.8) is 0 Å². The number of rotatable bonds is 3. The van der Waals surface area contributed by atoms with Gasteiger partial charge in [0.15, 0.2) is 0 Å². The van der Waals surface area contributed by atoms with Crippen molar-refractivity contribution in [3.05, 3.63) is 59.0 Å². The van der Waals surface area contributed by atoms with Gasteiger partial charge in [-0.05, 0) is 41.5 Å². The van der Waals surface area contributed by atoms with E-state index in [1.807, 2.05) is 43.3 Å². The highest BCUT2D eigenvalue weighted by atomic mass is 32.2. The molecule has 0 unspecified atom stereocenters. The Morgan fingerprint density at radius 2 is 1.76 bits per heavy atom. The monoisotopic (exact) mass is 317 g/mol. The molecular formula is C16H15NO2S2. The van der Waals surface area contributed by atoms with E-state index in [0.29, 0.717) is 14.7 Å². The fourth-order valence-electron chi connectivity index (χ4n) is 2.36. The van der Waals surface area contributed by atoms with E-state index < -0.39 is 9.84 Å². The van der Waals surface area contributed by atoms with E-state index >= 15 is 0 Å². The summed E-state index contributed by atoms with van der Waals surface area (Å²) in [6, 6.07) is 14.8. The van der Waals surface area contributed by atoms with E-state index in [1.54, 1.807) is 12.1 Å². The van der Waals surface area contributed by atoms with Gasteiger partial charge in [-0.3, -0.25) is 0 Å². The van der Waals surface area contributed by atoms with Crippen molar-refractivity contribution in [1.29, 1.82) is 0 Å². The van der Waals surface area contributed by atoms with Gasteiger partial charge in [0.25, 0.3) is 0 Å². The lowest BCUT2D eigenvalue weighted by atomic mass is 10.1. The number of aryl methyl sites for hydroxylation is 1. The maximum atomic E-state index is 12.8. The number of sulfone groups is 1. The molecule has 3 aromatic rings. The molecule has 0 aliphatic heterocycles. The van der Waals surface area contributed by atoms with E-state index in [-0.39, 0.29) is 6.54 Å². The topological polar surface area (TPSA) is 60.2 Å². The molecule has 108 valence electrons. The first-order valence-corrected chi connectivity index (χ1v) is 8.85. The third kappa shape index (κ3) is 2.48. The predicted molar refractivity (Wildman–Crippen MR) is 86.3 cm³/mol. The Morgan fingerprint density at radius 1 is 1.05 bits per heavy atom. The minimum absolute atomic E-state index is 0.229. The summed E-state index contributed by atoms with van der Waals surface area (Å²) in [5.41, 5.74) is 6.36. The summed E-state index contributed by atoms with van der Waals surface area (Å²) < 4.78 is 26.0. The first-order chi connectivity index (χ1) is 10.0. The van der Waals surface area contributed by atoms with Crippen LogP contribution in [0.5, 0.6) is 0 Å². The molecule has 0 saturated carbocycles. The summed E-state index contributed by atoms with van der Waals surface area (Å²) in [5.74, 6) is 0. The molecule has 0 aliphatic rings. The molecule has 0 saturated heterocycles. The van der Waals surface area contributed by atoms with Crippen LogP contribution in [0, 0.1) is 6.92 Å². The number of nitrogens with two attached hydrogens (primary N) is 1. The average Bonchev–Trinajstić information content (AvgIpc) is 2.88. The van der Waals surface area contributed by atoms with Gasteiger partial charge in [-0.25, -0.2) is 8.42 Å². The Bertz CT molecular complexity index is 911. The van der Waals surface area contributed by atoms with Crippen LogP contribution in [0.25, 0.3) is 10.8 Å². The van der Waals surface area contributed by atoms with Crippen molar-refractivity contribution in [2.24, 2.45) is 5.73 Å². The Balaban J connectivity index is 2.19. The van der Waals surface area contributed by atoms with Crippen molar-refractivity contribution in [2.75, 3.05) is 0 Å². The van der Waals surface area contributed by atoms with Gasteiger partial charge in [0.05, 0.1) is 4.90 Å². The van der Waals surface area contributed by atoms with Crippen LogP contribution < -0.4 is 5.73 Å². The van der Waals surface area contributed by atoms with E-state index in [0.717, 1.165) is 15.6 Å². The highest BCUT2D eigenvalue weighted by Gasteiger charge is 2.23. The van der Waals surface area contributed by atoms with Gasteiger partial charge in [0, 0.05) is 11.4 Å². The molecule has 1 heterocycles. The van der Waals surface area contributed by atoms with Gasteiger partial charge >= 0.3 is 0 Å². The van der Waals surface area contributed by atoms with E-state index in [2.05, 4.69) is 0 Å². The Morgan fingerprint density at radius 3 is 2.48 bits per heavy atom. The Kier molecular flexibility index (Phi) is 3.57. The van der Waals surface area contributed by atoms with Gasteiger partial charge in [0.2, 0.25) is 9.84 Å². The minimum atomic E-state index is -3.51. The largest absolute Gasteiger partial charge is 0.326 e. The van der Waals surface area contributed by atoms with Crippen molar-refractivity contribution < 1.29 is 8.42 Å². The summed E-state index contributed by atoms with van der Waals surface area (Å²) >= 11 is 1.28. The molecule has 5 heteroatoms. The molecule has 3 rings (SSSR count). The van der Waals surface area contributed by atoms with Crippen molar-refractivity contribution in [2.45, 2.75) is 22.6 Å². The van der Waals surface area contributed by atoms with Crippen LogP contribution in [0.4, 0.5) is 0 Å². The number of thiophene rings is 1. The maximum Gasteiger partial charge on any atom is 0.216 e. The zero-order valence-corrected chi connectivity index (χ0v) is 13.2. The van der Waals surface area contributed by atoms with Crippen LogP contribution in [0.15, 0.2) is 57.6 Å². The molecule has 0 amide bonds. The molecule has 0 fully saturated rings. The van der Waals surface area contributed by atoms with Crippen LogP contribution >= 0.6 is 11.3 Å². The lowest BCUT2D eigenvalue weighted by molar-refractivity contribution is 0.597. The van der Waals surface area contributed by atoms with Gasteiger partial charge in [0.1, 0.15) is 4.21 Å². The fraction of sp³-hybridized carbons (Fsp3) is 0.125. The average molecular weight is 317 g/mol. The highest BCUT2D eigenvalue weighted by Crippen LogP contribution is 2.32. The molecule has 0 radical (unpaired) electrons. The highest BCUT2D eigenvalue weighted by molar-refractivity contribution is 7.93. The van der Waals surface area contributed by atoms with Crippen molar-refractivity contribution >= 4 is 31.9 Å². The molecule has 0 bridgehead atoms. The van der Waals surface area contributed by atoms with Gasteiger partial charge in [-0.1, -0.05) is 30.3 Å². The zero-order chi connectivity index (χ0) is 15.0. The lowest BCUT2D eigenvalue weighted by Gasteiger charge is -2.06. The minimum Gasteiger partial charge on any atom is -0.326 e. The zero-order valence-electron chi connectivity index (χ0n) is 11.5. The van der Waals surface area contributed by atoms with Crippen LogP contribution in [-0.4, -0.2) is 8.42 Å². The molecule has 0 aliphatic carbocycles. The number of benzene rings is 2. The van der Waals surface area contributed by atoms with E-state index in [9.17, 15) is 8.42 Å². The quantitative estimate of drug-likeness (QED) is 0.804. The summed E-state index contributed by atoms with van der Waals surface area (Å²) in [4.78, 5) is 1.27. The second kappa shape index (κ2) is 5.26. The SMILES string of the molecule is Cc1cc(CN)c(S(=O)(=O)c2ccc3ccccc3c2)s1. The van der Waals surface area contributed by atoms with Gasteiger partial charge in [-0.15, -0.1) is 11.3 Å². The first kappa shape index (κ1) is 14.3. The Hall–Kier alpha value is -1.69. The molecule has 3 nitrogen and oxygen atoms in total. The van der Waals surface area contributed by atoms with Crippen LogP contribution in [0.3, 0.4) is 0 Å². The molecular weight excluding hydrogens is 302 g/mol. The third-order valence-corrected chi connectivity index (χ3v) is 6.81. The lowest BCUT2D eigenvalue weighted by Crippen LogP contribution is -2.05. The van der Waals surface area contributed by atoms with E-state index in [4.69, 9.17) is 5.73 Å². The second-order valence-electron chi connectivity index (χ2n) is 4.89. The van der Waals surface area contributed by atoms with E-state index in [1.165, 1.54) is 11.3 Å². The summed E-state index contributed by atoms with van der Waals surface area (Å²) in [5, 5.41) is 1.94. The summed E-state index contributed by atoms with van der Waals surface area (Å²) in [6.07, 6.45) is 0. The molecule has 1 aromatic heterocycles. The van der Waals surface area contributed by atoms with Crippen LogP contribution in [-0.2, 0) is 16.4 Å². The summed E-state index contributed by atoms with van der Waals surface area (Å²) in [6.45, 7) is 2.12. The number of hydrogen-bond donors (Lipinski definition) is 1. The fourth-order valence-corrected chi connectivity index (χ4v) is 5.48. The normalized spacial score (nSPS) is 11.9. The molecule has 0 atom stereocenters. The first-order valence-electron chi connectivity index (χ1n) is 6.55. The van der Waals surface area contributed by atoms with Gasteiger partial charge in [-0.2, -0.15) is 0 Å². The smallest absolute Gasteiger partial charge is 0.216 e. The molecule has 0 spiro atoms. The summed E-state index contributed by atoms with van der Waals surface area (Å²) in [7, 11) is -3.51.